The Bertz CT molecular complexity index is 481. The lowest BCUT2D eigenvalue weighted by Crippen LogP contribution is -2.25. The van der Waals surface area contributed by atoms with Gasteiger partial charge in [-0.25, -0.2) is 0 Å². The molecular formula is C13H20N4O3. The normalized spacial score (nSPS) is 16.4. The maximum atomic E-state index is 10.7. The van der Waals surface area contributed by atoms with E-state index in [1.165, 1.54) is 18.2 Å². The Hall–Kier alpha value is -1.86. The van der Waals surface area contributed by atoms with E-state index in [1.54, 1.807) is 0 Å². The first kappa shape index (κ1) is 14.5. The number of nitrogens with two attached hydrogens (primary N) is 1. The maximum absolute atomic E-state index is 10.7. The summed E-state index contributed by atoms with van der Waals surface area (Å²) in [5.74, 6) is 0.387. The van der Waals surface area contributed by atoms with Gasteiger partial charge in [-0.1, -0.05) is 0 Å². The van der Waals surface area contributed by atoms with Gasteiger partial charge in [0.05, 0.1) is 30.0 Å². The van der Waals surface area contributed by atoms with Crippen LogP contribution in [0.4, 0.5) is 11.4 Å². The molecule has 2 rings (SSSR count). The molecule has 1 fully saturated rings. The minimum absolute atomic E-state index is 0.00429. The van der Waals surface area contributed by atoms with Gasteiger partial charge in [-0.3, -0.25) is 19.9 Å². The van der Waals surface area contributed by atoms with E-state index in [0.717, 1.165) is 32.7 Å². The van der Waals surface area contributed by atoms with Gasteiger partial charge in [-0.2, -0.15) is 0 Å². The number of hydrogen-bond acceptors (Lipinski definition) is 6. The van der Waals surface area contributed by atoms with E-state index in [0.29, 0.717) is 18.0 Å². The third-order valence-electron chi connectivity index (χ3n) is 3.32. The molecule has 1 aromatic carbocycles. The highest BCUT2D eigenvalue weighted by Crippen LogP contribution is 2.26. The first-order chi connectivity index (χ1) is 9.56. The van der Waals surface area contributed by atoms with Crippen LogP contribution in [-0.4, -0.2) is 54.7 Å². The molecule has 2 N–H and O–H groups in total. The number of anilines is 1. The van der Waals surface area contributed by atoms with E-state index in [1.807, 2.05) is 0 Å². The standard InChI is InChI=1S/C13H20N4O3/c1-15-6-7-16(10-15)5-2-8-20-13-9-11(17(18)19)3-4-12(13)14/h3-4,9H,2,5-8,10,14H2,1H3. The molecule has 0 spiro atoms. The van der Waals surface area contributed by atoms with Gasteiger partial charge in [0, 0.05) is 25.7 Å². The molecule has 1 aliphatic heterocycles. The lowest BCUT2D eigenvalue weighted by Gasteiger charge is -2.15. The van der Waals surface area contributed by atoms with Gasteiger partial charge in [0.1, 0.15) is 5.75 Å². The summed E-state index contributed by atoms with van der Waals surface area (Å²) < 4.78 is 5.54. The average Bonchev–Trinajstić information content (AvgIpc) is 2.82. The van der Waals surface area contributed by atoms with Crippen LogP contribution in [0.2, 0.25) is 0 Å². The third-order valence-corrected chi connectivity index (χ3v) is 3.32. The van der Waals surface area contributed by atoms with Crippen molar-refractivity contribution in [3.63, 3.8) is 0 Å². The predicted octanol–water partition coefficient (Wildman–Crippen LogP) is 1.15. The lowest BCUT2D eigenvalue weighted by atomic mass is 10.2. The summed E-state index contributed by atoms with van der Waals surface area (Å²) in [7, 11) is 2.10. The van der Waals surface area contributed by atoms with Crippen LogP contribution >= 0.6 is 0 Å². The zero-order chi connectivity index (χ0) is 14.5. The molecule has 0 saturated carbocycles. The molecule has 0 atom stereocenters. The van der Waals surface area contributed by atoms with Crippen molar-refractivity contribution >= 4 is 11.4 Å². The molecule has 0 bridgehead atoms. The second-order valence-corrected chi connectivity index (χ2v) is 5.02. The molecule has 0 aliphatic carbocycles. The zero-order valence-corrected chi connectivity index (χ0v) is 11.6. The second-order valence-electron chi connectivity index (χ2n) is 5.02. The predicted molar refractivity (Wildman–Crippen MR) is 76.7 cm³/mol. The Morgan fingerprint density at radius 3 is 2.90 bits per heavy atom. The van der Waals surface area contributed by atoms with Crippen LogP contribution in [-0.2, 0) is 0 Å². The van der Waals surface area contributed by atoms with Crippen LogP contribution in [0.5, 0.6) is 5.75 Å². The number of ether oxygens (including phenoxy) is 1. The lowest BCUT2D eigenvalue weighted by molar-refractivity contribution is -0.384. The molecular weight excluding hydrogens is 260 g/mol. The quantitative estimate of drug-likeness (QED) is 0.364. The Labute approximate surface area is 118 Å². The molecule has 20 heavy (non-hydrogen) atoms. The Kier molecular flexibility index (Phi) is 4.75. The summed E-state index contributed by atoms with van der Waals surface area (Å²) >= 11 is 0. The number of non-ortho nitro benzene ring substituents is 1. The van der Waals surface area contributed by atoms with E-state index in [-0.39, 0.29) is 5.69 Å². The molecule has 7 nitrogen and oxygen atoms in total. The van der Waals surface area contributed by atoms with E-state index >= 15 is 0 Å². The number of rotatable bonds is 6. The van der Waals surface area contributed by atoms with Crippen LogP contribution in [0.15, 0.2) is 18.2 Å². The fourth-order valence-corrected chi connectivity index (χ4v) is 2.21. The Morgan fingerprint density at radius 1 is 1.45 bits per heavy atom. The van der Waals surface area contributed by atoms with E-state index in [4.69, 9.17) is 10.5 Å². The number of nitro benzene ring substituents is 1. The molecule has 0 radical (unpaired) electrons. The summed E-state index contributed by atoms with van der Waals surface area (Å²) in [6, 6.07) is 4.25. The van der Waals surface area contributed by atoms with Crippen molar-refractivity contribution in [3.05, 3.63) is 28.3 Å². The molecule has 0 aromatic heterocycles. The first-order valence-corrected chi connectivity index (χ1v) is 6.64. The van der Waals surface area contributed by atoms with Crippen LogP contribution in [0.25, 0.3) is 0 Å². The average molecular weight is 280 g/mol. The van der Waals surface area contributed by atoms with Gasteiger partial charge in [-0.15, -0.1) is 0 Å². The van der Waals surface area contributed by atoms with Crippen molar-refractivity contribution in [2.75, 3.05) is 45.7 Å². The molecule has 1 heterocycles. The van der Waals surface area contributed by atoms with Crippen molar-refractivity contribution in [3.8, 4) is 5.75 Å². The van der Waals surface area contributed by atoms with Gasteiger partial charge in [0.25, 0.3) is 5.69 Å². The maximum Gasteiger partial charge on any atom is 0.273 e. The number of nitrogen functional groups attached to an aromatic ring is 1. The summed E-state index contributed by atoms with van der Waals surface area (Å²) in [5.41, 5.74) is 6.17. The van der Waals surface area contributed by atoms with Gasteiger partial charge in [0.2, 0.25) is 0 Å². The van der Waals surface area contributed by atoms with Crippen molar-refractivity contribution in [2.24, 2.45) is 0 Å². The van der Waals surface area contributed by atoms with E-state index < -0.39 is 4.92 Å². The van der Waals surface area contributed by atoms with Gasteiger partial charge < -0.3 is 10.5 Å². The molecule has 0 amide bonds. The Balaban J connectivity index is 1.79. The van der Waals surface area contributed by atoms with Gasteiger partial charge in [0.15, 0.2) is 0 Å². The topological polar surface area (TPSA) is 84.9 Å². The minimum Gasteiger partial charge on any atom is -0.491 e. The van der Waals surface area contributed by atoms with Crippen LogP contribution in [0.3, 0.4) is 0 Å². The van der Waals surface area contributed by atoms with Gasteiger partial charge >= 0.3 is 0 Å². The highest BCUT2D eigenvalue weighted by Gasteiger charge is 2.15. The molecule has 1 aliphatic rings. The fraction of sp³-hybridized carbons (Fsp3) is 0.538. The highest BCUT2D eigenvalue weighted by atomic mass is 16.6. The molecule has 7 heteroatoms. The molecule has 1 saturated heterocycles. The zero-order valence-electron chi connectivity index (χ0n) is 11.6. The molecule has 1 aromatic rings. The van der Waals surface area contributed by atoms with Crippen molar-refractivity contribution < 1.29 is 9.66 Å². The molecule has 0 unspecified atom stereocenters. The summed E-state index contributed by atoms with van der Waals surface area (Å²) in [5, 5.41) is 10.7. The largest absolute Gasteiger partial charge is 0.491 e. The number of hydrogen-bond donors (Lipinski definition) is 1. The second kappa shape index (κ2) is 6.53. The summed E-state index contributed by atoms with van der Waals surface area (Å²) in [6.07, 6.45) is 0.871. The van der Waals surface area contributed by atoms with Crippen molar-refractivity contribution in [2.45, 2.75) is 6.42 Å². The van der Waals surface area contributed by atoms with E-state index in [2.05, 4.69) is 16.8 Å². The van der Waals surface area contributed by atoms with Crippen molar-refractivity contribution in [1.82, 2.24) is 9.80 Å². The van der Waals surface area contributed by atoms with Crippen LogP contribution in [0.1, 0.15) is 6.42 Å². The number of benzene rings is 1. The number of nitrogens with zero attached hydrogens (tertiary/aromatic N) is 3. The fourth-order valence-electron chi connectivity index (χ4n) is 2.21. The Morgan fingerprint density at radius 2 is 2.25 bits per heavy atom. The number of likely N-dealkylation sites (N-methyl/N-ethyl adjacent to an activating group) is 1. The van der Waals surface area contributed by atoms with E-state index in [9.17, 15) is 10.1 Å². The number of nitro groups is 1. The third kappa shape index (κ3) is 3.82. The van der Waals surface area contributed by atoms with Crippen molar-refractivity contribution in [1.29, 1.82) is 0 Å². The van der Waals surface area contributed by atoms with Crippen LogP contribution < -0.4 is 10.5 Å². The smallest absolute Gasteiger partial charge is 0.273 e. The summed E-state index contributed by atoms with van der Waals surface area (Å²) in [4.78, 5) is 14.9. The highest BCUT2D eigenvalue weighted by molar-refractivity contribution is 5.57. The molecule has 110 valence electrons. The monoisotopic (exact) mass is 280 g/mol. The SMILES string of the molecule is CN1CCN(CCCOc2cc([N+](=O)[O-])ccc2N)C1. The van der Waals surface area contributed by atoms with Crippen LogP contribution in [0, 0.1) is 10.1 Å². The minimum atomic E-state index is -0.452. The van der Waals surface area contributed by atoms with Gasteiger partial charge in [-0.05, 0) is 19.5 Å². The summed E-state index contributed by atoms with van der Waals surface area (Å²) in [6.45, 7) is 4.62. The first-order valence-electron chi connectivity index (χ1n) is 6.64.